The van der Waals surface area contributed by atoms with Crippen molar-refractivity contribution in [2.75, 3.05) is 12.4 Å². The molecule has 1 heterocycles. The predicted molar refractivity (Wildman–Crippen MR) is 59.0 cm³/mol. The third-order valence-corrected chi connectivity index (χ3v) is 2.12. The van der Waals surface area contributed by atoms with Crippen LogP contribution in [0, 0.1) is 13.8 Å². The number of thiocarbonyl (C=S) groups is 1. The van der Waals surface area contributed by atoms with Crippen molar-refractivity contribution >= 4 is 23.0 Å². The van der Waals surface area contributed by atoms with Gasteiger partial charge in [0.2, 0.25) is 0 Å². The Morgan fingerprint density at radius 2 is 2.15 bits per heavy atom. The number of hydrogen-bond donors (Lipinski definition) is 2. The van der Waals surface area contributed by atoms with Crippen molar-refractivity contribution in [3.05, 3.63) is 23.5 Å². The summed E-state index contributed by atoms with van der Waals surface area (Å²) in [6.07, 6.45) is 1.79. The SMILES string of the molecule is CNC(=S)Nc1c(C)ccnc1C. The number of anilines is 1. The Balaban J connectivity index is 2.93. The van der Waals surface area contributed by atoms with E-state index in [0.29, 0.717) is 5.11 Å². The van der Waals surface area contributed by atoms with Gasteiger partial charge in [-0.3, -0.25) is 4.98 Å². The summed E-state index contributed by atoms with van der Waals surface area (Å²) >= 11 is 5.01. The number of aromatic nitrogens is 1. The summed E-state index contributed by atoms with van der Waals surface area (Å²) in [5, 5.41) is 6.56. The quantitative estimate of drug-likeness (QED) is 0.668. The van der Waals surface area contributed by atoms with Crippen LogP contribution in [-0.2, 0) is 0 Å². The first-order valence-corrected chi connectivity index (χ1v) is 4.47. The van der Waals surface area contributed by atoms with Crippen LogP contribution in [0.1, 0.15) is 11.3 Å². The Morgan fingerprint density at radius 3 is 2.69 bits per heavy atom. The third kappa shape index (κ3) is 2.39. The maximum Gasteiger partial charge on any atom is 0.170 e. The van der Waals surface area contributed by atoms with Gasteiger partial charge >= 0.3 is 0 Å². The molecule has 0 spiro atoms. The second-order valence-electron chi connectivity index (χ2n) is 2.79. The van der Waals surface area contributed by atoms with Gasteiger partial charge in [-0.2, -0.15) is 0 Å². The summed E-state index contributed by atoms with van der Waals surface area (Å²) in [5.41, 5.74) is 3.09. The van der Waals surface area contributed by atoms with Gasteiger partial charge in [0.25, 0.3) is 0 Å². The Hall–Kier alpha value is -1.16. The molecule has 70 valence electrons. The van der Waals surface area contributed by atoms with Crippen molar-refractivity contribution in [1.29, 1.82) is 0 Å². The van der Waals surface area contributed by atoms with Crippen molar-refractivity contribution in [2.45, 2.75) is 13.8 Å². The standard InChI is InChI=1S/C9H13N3S/c1-6-4-5-11-7(2)8(6)12-9(13)10-3/h4-5H,1-3H3,(H2,10,12,13). The van der Waals surface area contributed by atoms with E-state index < -0.39 is 0 Å². The van der Waals surface area contributed by atoms with Crippen LogP contribution in [0.4, 0.5) is 5.69 Å². The zero-order valence-electron chi connectivity index (χ0n) is 8.01. The van der Waals surface area contributed by atoms with Gasteiger partial charge < -0.3 is 10.6 Å². The summed E-state index contributed by atoms with van der Waals surface area (Å²) in [5.74, 6) is 0. The zero-order valence-corrected chi connectivity index (χ0v) is 8.83. The summed E-state index contributed by atoms with van der Waals surface area (Å²) in [4.78, 5) is 4.18. The molecule has 0 amide bonds. The largest absolute Gasteiger partial charge is 0.366 e. The van der Waals surface area contributed by atoms with E-state index in [1.54, 1.807) is 13.2 Å². The van der Waals surface area contributed by atoms with Crippen LogP contribution in [0.25, 0.3) is 0 Å². The van der Waals surface area contributed by atoms with E-state index in [9.17, 15) is 0 Å². The highest BCUT2D eigenvalue weighted by Gasteiger charge is 2.03. The number of nitrogens with one attached hydrogen (secondary N) is 2. The van der Waals surface area contributed by atoms with E-state index in [1.807, 2.05) is 19.9 Å². The van der Waals surface area contributed by atoms with Gasteiger partial charge in [-0.1, -0.05) is 0 Å². The van der Waals surface area contributed by atoms with E-state index in [2.05, 4.69) is 15.6 Å². The molecule has 0 atom stereocenters. The molecule has 0 saturated carbocycles. The first kappa shape index (κ1) is 9.92. The van der Waals surface area contributed by atoms with Crippen molar-refractivity contribution in [3.8, 4) is 0 Å². The molecular formula is C9H13N3S. The van der Waals surface area contributed by atoms with Crippen LogP contribution in [0.2, 0.25) is 0 Å². The minimum atomic E-state index is 0.610. The molecule has 0 unspecified atom stereocenters. The number of rotatable bonds is 1. The van der Waals surface area contributed by atoms with Gasteiger partial charge in [0.1, 0.15) is 0 Å². The van der Waals surface area contributed by atoms with Gasteiger partial charge in [-0.05, 0) is 37.7 Å². The topological polar surface area (TPSA) is 37.0 Å². The fourth-order valence-corrected chi connectivity index (χ4v) is 1.16. The van der Waals surface area contributed by atoms with Crippen molar-refractivity contribution in [3.63, 3.8) is 0 Å². The summed E-state index contributed by atoms with van der Waals surface area (Å²) in [7, 11) is 1.79. The van der Waals surface area contributed by atoms with E-state index >= 15 is 0 Å². The molecule has 1 aromatic rings. The molecule has 0 fully saturated rings. The van der Waals surface area contributed by atoms with Crippen molar-refractivity contribution in [1.82, 2.24) is 10.3 Å². The van der Waals surface area contributed by atoms with Crippen molar-refractivity contribution in [2.24, 2.45) is 0 Å². The maximum atomic E-state index is 5.01. The molecule has 3 nitrogen and oxygen atoms in total. The number of hydrogen-bond acceptors (Lipinski definition) is 2. The molecule has 2 N–H and O–H groups in total. The van der Waals surface area contributed by atoms with Crippen LogP contribution in [0.15, 0.2) is 12.3 Å². The first-order valence-electron chi connectivity index (χ1n) is 4.06. The molecule has 0 aliphatic carbocycles. The zero-order chi connectivity index (χ0) is 9.84. The lowest BCUT2D eigenvalue weighted by molar-refractivity contribution is 1.16. The Kier molecular flexibility index (Phi) is 3.19. The van der Waals surface area contributed by atoms with E-state index in [1.165, 1.54) is 0 Å². The molecule has 1 aromatic heterocycles. The van der Waals surface area contributed by atoms with E-state index in [4.69, 9.17) is 12.2 Å². The molecule has 0 radical (unpaired) electrons. The molecule has 13 heavy (non-hydrogen) atoms. The fraction of sp³-hybridized carbons (Fsp3) is 0.333. The normalized spacial score (nSPS) is 9.46. The Morgan fingerprint density at radius 1 is 1.46 bits per heavy atom. The average molecular weight is 195 g/mol. The van der Waals surface area contributed by atoms with Gasteiger partial charge in [-0.25, -0.2) is 0 Å². The molecule has 0 aliphatic heterocycles. The molecule has 0 saturated heterocycles. The average Bonchev–Trinajstić information content (AvgIpc) is 2.11. The number of pyridine rings is 1. The fourth-order valence-electron chi connectivity index (χ4n) is 1.06. The third-order valence-electron chi connectivity index (χ3n) is 1.81. The first-order chi connectivity index (χ1) is 6.15. The Bertz CT molecular complexity index is 302. The van der Waals surface area contributed by atoms with Gasteiger partial charge in [0.05, 0.1) is 11.4 Å². The molecular weight excluding hydrogens is 182 g/mol. The van der Waals surface area contributed by atoms with Crippen LogP contribution in [-0.4, -0.2) is 17.1 Å². The van der Waals surface area contributed by atoms with Gasteiger partial charge in [0.15, 0.2) is 5.11 Å². The molecule has 0 aliphatic rings. The summed E-state index contributed by atoms with van der Waals surface area (Å²) < 4.78 is 0. The smallest absolute Gasteiger partial charge is 0.170 e. The molecule has 4 heteroatoms. The highest BCUT2D eigenvalue weighted by molar-refractivity contribution is 7.80. The molecule has 0 bridgehead atoms. The van der Waals surface area contributed by atoms with E-state index in [-0.39, 0.29) is 0 Å². The minimum Gasteiger partial charge on any atom is -0.366 e. The van der Waals surface area contributed by atoms with Gasteiger partial charge in [-0.15, -0.1) is 0 Å². The molecule has 0 aromatic carbocycles. The second kappa shape index (κ2) is 4.18. The van der Waals surface area contributed by atoms with Gasteiger partial charge in [0, 0.05) is 13.2 Å². The highest BCUT2D eigenvalue weighted by Crippen LogP contribution is 2.16. The van der Waals surface area contributed by atoms with Crippen LogP contribution in [0.3, 0.4) is 0 Å². The lowest BCUT2D eigenvalue weighted by atomic mass is 10.2. The monoisotopic (exact) mass is 195 g/mol. The lowest BCUT2D eigenvalue weighted by Gasteiger charge is -2.11. The lowest BCUT2D eigenvalue weighted by Crippen LogP contribution is -2.25. The van der Waals surface area contributed by atoms with E-state index in [0.717, 1.165) is 16.9 Å². The Labute approximate surface area is 83.6 Å². The maximum absolute atomic E-state index is 5.01. The predicted octanol–water partition coefficient (Wildman–Crippen LogP) is 1.61. The van der Waals surface area contributed by atoms with Crippen LogP contribution >= 0.6 is 12.2 Å². The van der Waals surface area contributed by atoms with Crippen LogP contribution < -0.4 is 10.6 Å². The highest BCUT2D eigenvalue weighted by atomic mass is 32.1. The molecule has 1 rings (SSSR count). The number of aryl methyl sites for hydroxylation is 2. The summed E-state index contributed by atoms with van der Waals surface area (Å²) in [6, 6.07) is 1.95. The van der Waals surface area contributed by atoms with Crippen molar-refractivity contribution < 1.29 is 0 Å². The van der Waals surface area contributed by atoms with Crippen LogP contribution in [0.5, 0.6) is 0 Å². The minimum absolute atomic E-state index is 0.610. The second-order valence-corrected chi connectivity index (χ2v) is 3.20. The summed E-state index contributed by atoms with van der Waals surface area (Å²) in [6.45, 7) is 3.98. The number of nitrogens with zero attached hydrogens (tertiary/aromatic N) is 1.